The van der Waals surface area contributed by atoms with Gasteiger partial charge in [0.25, 0.3) is 5.91 Å². The summed E-state index contributed by atoms with van der Waals surface area (Å²) in [6.07, 6.45) is 3.41. The SMILES string of the molecule is O=C(NCCC1CCNCC1)N1CCN(C(=O)c2ccc(O)cc2)CC1. The molecule has 2 saturated heterocycles. The monoisotopic (exact) mass is 360 g/mol. The average molecular weight is 360 g/mol. The molecule has 1 aromatic rings. The highest BCUT2D eigenvalue weighted by atomic mass is 16.3. The zero-order valence-electron chi connectivity index (χ0n) is 15.1. The van der Waals surface area contributed by atoms with Crippen LogP contribution in [-0.2, 0) is 0 Å². The summed E-state index contributed by atoms with van der Waals surface area (Å²) in [4.78, 5) is 28.3. The van der Waals surface area contributed by atoms with E-state index < -0.39 is 0 Å². The van der Waals surface area contributed by atoms with Crippen LogP contribution in [0.25, 0.3) is 0 Å². The molecule has 0 bridgehead atoms. The second-order valence-corrected chi connectivity index (χ2v) is 7.04. The summed E-state index contributed by atoms with van der Waals surface area (Å²) in [5.74, 6) is 0.792. The molecule has 2 fully saturated rings. The number of nitrogens with one attached hydrogen (secondary N) is 2. The number of carbonyl (C=O) groups is 2. The first-order chi connectivity index (χ1) is 12.6. The smallest absolute Gasteiger partial charge is 0.317 e. The Labute approximate surface area is 154 Å². The molecule has 0 aromatic heterocycles. The van der Waals surface area contributed by atoms with Crippen molar-refractivity contribution in [3.05, 3.63) is 29.8 Å². The number of urea groups is 1. The van der Waals surface area contributed by atoms with E-state index >= 15 is 0 Å². The first-order valence-corrected chi connectivity index (χ1v) is 9.45. The van der Waals surface area contributed by atoms with Crippen molar-refractivity contribution in [2.45, 2.75) is 19.3 Å². The van der Waals surface area contributed by atoms with Gasteiger partial charge in [0.2, 0.25) is 0 Å². The number of hydrogen-bond acceptors (Lipinski definition) is 4. The molecule has 0 saturated carbocycles. The Kier molecular flexibility index (Phi) is 6.33. The fourth-order valence-electron chi connectivity index (χ4n) is 3.56. The number of piperidine rings is 1. The van der Waals surface area contributed by atoms with Gasteiger partial charge in [0.05, 0.1) is 0 Å². The van der Waals surface area contributed by atoms with E-state index in [1.807, 2.05) is 0 Å². The highest BCUT2D eigenvalue weighted by molar-refractivity contribution is 5.94. The Morgan fingerprint density at radius 2 is 1.65 bits per heavy atom. The number of rotatable bonds is 4. The lowest BCUT2D eigenvalue weighted by Gasteiger charge is -2.35. The van der Waals surface area contributed by atoms with Gasteiger partial charge < -0.3 is 25.5 Å². The van der Waals surface area contributed by atoms with Gasteiger partial charge >= 0.3 is 6.03 Å². The molecule has 0 aliphatic carbocycles. The lowest BCUT2D eigenvalue weighted by atomic mass is 9.95. The van der Waals surface area contributed by atoms with E-state index in [4.69, 9.17) is 0 Å². The summed E-state index contributed by atoms with van der Waals surface area (Å²) >= 11 is 0. The zero-order chi connectivity index (χ0) is 18.4. The minimum Gasteiger partial charge on any atom is -0.508 e. The third kappa shape index (κ3) is 4.88. The minimum atomic E-state index is -0.0593. The van der Waals surface area contributed by atoms with Gasteiger partial charge in [-0.15, -0.1) is 0 Å². The van der Waals surface area contributed by atoms with Crippen molar-refractivity contribution in [3.8, 4) is 5.75 Å². The van der Waals surface area contributed by atoms with Crippen molar-refractivity contribution >= 4 is 11.9 Å². The lowest BCUT2D eigenvalue weighted by Crippen LogP contribution is -2.53. The van der Waals surface area contributed by atoms with Crippen LogP contribution < -0.4 is 10.6 Å². The molecule has 142 valence electrons. The maximum Gasteiger partial charge on any atom is 0.317 e. The standard InChI is InChI=1S/C19H28N4O3/c24-17-3-1-16(2-4-17)18(25)22-11-13-23(14-12-22)19(26)21-10-7-15-5-8-20-9-6-15/h1-4,15,20,24H,5-14H2,(H,21,26). The second-order valence-electron chi connectivity index (χ2n) is 7.04. The van der Waals surface area contributed by atoms with Crippen molar-refractivity contribution in [2.24, 2.45) is 5.92 Å². The molecule has 2 aliphatic heterocycles. The molecular formula is C19H28N4O3. The topological polar surface area (TPSA) is 84.9 Å². The maximum atomic E-state index is 12.5. The molecule has 3 N–H and O–H groups in total. The number of aromatic hydroxyl groups is 1. The molecule has 0 unspecified atom stereocenters. The van der Waals surface area contributed by atoms with Gasteiger partial charge in [-0.25, -0.2) is 4.79 Å². The minimum absolute atomic E-state index is 0.0318. The van der Waals surface area contributed by atoms with Gasteiger partial charge in [-0.2, -0.15) is 0 Å². The molecule has 26 heavy (non-hydrogen) atoms. The Morgan fingerprint density at radius 3 is 2.31 bits per heavy atom. The number of phenolic OH excluding ortho intramolecular Hbond substituents is 1. The van der Waals surface area contributed by atoms with Crippen LogP contribution in [0.2, 0.25) is 0 Å². The van der Waals surface area contributed by atoms with E-state index in [-0.39, 0.29) is 17.7 Å². The van der Waals surface area contributed by atoms with Crippen LogP contribution in [0.15, 0.2) is 24.3 Å². The lowest BCUT2D eigenvalue weighted by molar-refractivity contribution is 0.0665. The van der Waals surface area contributed by atoms with E-state index in [0.29, 0.717) is 37.7 Å². The molecule has 0 radical (unpaired) electrons. The van der Waals surface area contributed by atoms with Crippen LogP contribution >= 0.6 is 0 Å². The van der Waals surface area contributed by atoms with Gasteiger partial charge in [0.15, 0.2) is 0 Å². The molecule has 2 heterocycles. The fraction of sp³-hybridized carbons (Fsp3) is 0.579. The van der Waals surface area contributed by atoms with E-state index in [9.17, 15) is 14.7 Å². The molecule has 3 rings (SSSR count). The molecule has 0 atom stereocenters. The summed E-state index contributed by atoms with van der Waals surface area (Å²) in [5.41, 5.74) is 0.558. The molecule has 2 aliphatic rings. The van der Waals surface area contributed by atoms with Crippen LogP contribution in [0.5, 0.6) is 5.75 Å². The summed E-state index contributed by atoms with van der Waals surface area (Å²) in [5, 5.41) is 15.7. The number of hydrogen-bond donors (Lipinski definition) is 3. The van der Waals surface area contributed by atoms with Gasteiger partial charge in [-0.05, 0) is 62.5 Å². The molecule has 3 amide bonds. The second kappa shape index (κ2) is 8.89. The first kappa shape index (κ1) is 18.5. The largest absolute Gasteiger partial charge is 0.508 e. The molecule has 7 nitrogen and oxygen atoms in total. The van der Waals surface area contributed by atoms with Crippen LogP contribution in [0.4, 0.5) is 4.79 Å². The first-order valence-electron chi connectivity index (χ1n) is 9.45. The van der Waals surface area contributed by atoms with Gasteiger partial charge in [-0.3, -0.25) is 4.79 Å². The van der Waals surface area contributed by atoms with E-state index in [0.717, 1.165) is 26.1 Å². The third-order valence-corrected chi connectivity index (χ3v) is 5.26. The van der Waals surface area contributed by atoms with Crippen LogP contribution in [0.3, 0.4) is 0 Å². The van der Waals surface area contributed by atoms with Gasteiger partial charge in [-0.1, -0.05) is 0 Å². The summed E-state index contributed by atoms with van der Waals surface area (Å²) < 4.78 is 0. The number of benzene rings is 1. The number of phenols is 1. The number of amides is 3. The number of carbonyl (C=O) groups excluding carboxylic acids is 2. The molecular weight excluding hydrogens is 332 g/mol. The Bertz CT molecular complexity index is 606. The summed E-state index contributed by atoms with van der Waals surface area (Å²) in [7, 11) is 0. The van der Waals surface area contributed by atoms with Crippen molar-refractivity contribution in [1.29, 1.82) is 0 Å². The van der Waals surface area contributed by atoms with Crippen LogP contribution in [0.1, 0.15) is 29.6 Å². The number of nitrogens with zero attached hydrogens (tertiary/aromatic N) is 2. The molecule has 1 aromatic carbocycles. The van der Waals surface area contributed by atoms with Crippen LogP contribution in [0, 0.1) is 5.92 Å². The Balaban J connectivity index is 1.39. The van der Waals surface area contributed by atoms with Crippen molar-refractivity contribution in [1.82, 2.24) is 20.4 Å². The normalized spacial score (nSPS) is 18.6. The van der Waals surface area contributed by atoms with E-state index in [1.165, 1.54) is 25.0 Å². The van der Waals surface area contributed by atoms with Gasteiger partial charge in [0.1, 0.15) is 5.75 Å². The summed E-state index contributed by atoms with van der Waals surface area (Å²) in [6, 6.07) is 6.24. The van der Waals surface area contributed by atoms with Gasteiger partial charge in [0, 0.05) is 38.3 Å². The van der Waals surface area contributed by atoms with Crippen LogP contribution in [-0.4, -0.2) is 72.7 Å². The van der Waals surface area contributed by atoms with Crippen molar-refractivity contribution in [2.75, 3.05) is 45.8 Å². The molecule has 0 spiro atoms. The Morgan fingerprint density at radius 1 is 1.04 bits per heavy atom. The summed E-state index contributed by atoms with van der Waals surface area (Å²) in [6.45, 7) is 5.02. The van der Waals surface area contributed by atoms with E-state index in [2.05, 4.69) is 10.6 Å². The van der Waals surface area contributed by atoms with Crippen molar-refractivity contribution < 1.29 is 14.7 Å². The fourth-order valence-corrected chi connectivity index (χ4v) is 3.56. The predicted octanol–water partition coefficient (Wildman–Crippen LogP) is 1.25. The highest BCUT2D eigenvalue weighted by Gasteiger charge is 2.25. The van der Waals surface area contributed by atoms with E-state index in [1.54, 1.807) is 21.9 Å². The maximum absolute atomic E-state index is 12.5. The average Bonchev–Trinajstić information content (AvgIpc) is 2.69. The predicted molar refractivity (Wildman–Crippen MR) is 99.2 cm³/mol. The zero-order valence-corrected chi connectivity index (χ0v) is 15.1. The third-order valence-electron chi connectivity index (χ3n) is 5.26. The Hall–Kier alpha value is -2.28. The van der Waals surface area contributed by atoms with Crippen molar-refractivity contribution in [3.63, 3.8) is 0 Å². The quantitative estimate of drug-likeness (QED) is 0.754. The highest BCUT2D eigenvalue weighted by Crippen LogP contribution is 2.15. The number of piperazine rings is 1. The molecule has 7 heteroatoms.